The zero-order valence-corrected chi connectivity index (χ0v) is 24.9. The van der Waals surface area contributed by atoms with E-state index in [2.05, 4.69) is 5.32 Å². The number of hydrogen-bond acceptors (Lipinski definition) is 5. The first-order valence-corrected chi connectivity index (χ1v) is 14.8. The molecule has 0 radical (unpaired) electrons. The van der Waals surface area contributed by atoms with Gasteiger partial charge in [-0.1, -0.05) is 54.4 Å². The van der Waals surface area contributed by atoms with E-state index in [-0.39, 0.29) is 23.4 Å². The van der Waals surface area contributed by atoms with Gasteiger partial charge in [0.2, 0.25) is 11.8 Å². The van der Waals surface area contributed by atoms with E-state index in [0.717, 1.165) is 27.4 Å². The van der Waals surface area contributed by atoms with Crippen molar-refractivity contribution >= 4 is 27.5 Å². The van der Waals surface area contributed by atoms with E-state index in [4.69, 9.17) is 4.74 Å². The van der Waals surface area contributed by atoms with Crippen LogP contribution in [0.4, 0.5) is 5.69 Å². The Morgan fingerprint density at radius 1 is 0.875 bits per heavy atom. The second-order valence-corrected chi connectivity index (χ2v) is 11.9. The molecule has 0 saturated heterocycles. The fourth-order valence-electron chi connectivity index (χ4n) is 4.05. The monoisotopic (exact) mass is 565 g/mol. The third kappa shape index (κ3) is 7.63. The molecule has 3 aromatic rings. The maximum atomic E-state index is 14.0. The zero-order valence-electron chi connectivity index (χ0n) is 24.0. The van der Waals surface area contributed by atoms with Crippen LogP contribution >= 0.6 is 0 Å². The summed E-state index contributed by atoms with van der Waals surface area (Å²) in [5.74, 6) is -0.245. The average Bonchev–Trinajstić information content (AvgIpc) is 2.95. The van der Waals surface area contributed by atoms with Gasteiger partial charge < -0.3 is 15.0 Å². The number of rotatable bonds is 12. The van der Waals surface area contributed by atoms with Crippen molar-refractivity contribution in [2.75, 3.05) is 18.0 Å². The Labute approximate surface area is 238 Å². The Hall–Kier alpha value is -3.85. The van der Waals surface area contributed by atoms with Crippen LogP contribution in [0.3, 0.4) is 0 Å². The lowest BCUT2D eigenvalue weighted by Gasteiger charge is -2.32. The van der Waals surface area contributed by atoms with Crippen LogP contribution in [0.2, 0.25) is 0 Å². The molecule has 0 aromatic heterocycles. The summed E-state index contributed by atoms with van der Waals surface area (Å²) in [7, 11) is -2.60. The van der Waals surface area contributed by atoms with Gasteiger partial charge in [-0.25, -0.2) is 8.42 Å². The second-order valence-electron chi connectivity index (χ2n) is 10.0. The van der Waals surface area contributed by atoms with E-state index in [1.807, 2.05) is 52.0 Å². The van der Waals surface area contributed by atoms with E-state index in [1.165, 1.54) is 24.1 Å². The summed E-state index contributed by atoms with van der Waals surface area (Å²) in [5.41, 5.74) is 3.12. The average molecular weight is 566 g/mol. The molecule has 1 N–H and O–H groups in total. The molecule has 0 spiro atoms. The van der Waals surface area contributed by atoms with Gasteiger partial charge in [0.1, 0.15) is 18.3 Å². The van der Waals surface area contributed by atoms with Gasteiger partial charge in [0.05, 0.1) is 17.7 Å². The number of nitrogens with one attached hydrogen (secondary N) is 1. The summed E-state index contributed by atoms with van der Waals surface area (Å²) in [6, 6.07) is 19.7. The molecule has 3 rings (SSSR count). The minimum absolute atomic E-state index is 0.0642. The number of nitrogens with zero attached hydrogens (tertiary/aromatic N) is 2. The highest BCUT2D eigenvalue weighted by molar-refractivity contribution is 7.92. The van der Waals surface area contributed by atoms with Gasteiger partial charge >= 0.3 is 0 Å². The predicted octanol–water partition coefficient (Wildman–Crippen LogP) is 4.84. The minimum atomic E-state index is -4.12. The highest BCUT2D eigenvalue weighted by atomic mass is 32.2. The highest BCUT2D eigenvalue weighted by Gasteiger charge is 2.32. The third-order valence-electron chi connectivity index (χ3n) is 6.89. The Morgan fingerprint density at radius 2 is 1.43 bits per heavy atom. The maximum Gasteiger partial charge on any atom is 0.264 e. The smallest absolute Gasteiger partial charge is 0.264 e. The van der Waals surface area contributed by atoms with Crippen molar-refractivity contribution in [3.63, 3.8) is 0 Å². The molecule has 3 aromatic carbocycles. The molecule has 0 bridgehead atoms. The molecule has 0 aliphatic heterocycles. The quantitative estimate of drug-likeness (QED) is 0.339. The molecule has 0 saturated carbocycles. The van der Waals surface area contributed by atoms with Crippen molar-refractivity contribution in [3.05, 3.63) is 89.5 Å². The summed E-state index contributed by atoms with van der Waals surface area (Å²) in [6.45, 7) is 9.03. The van der Waals surface area contributed by atoms with Crippen molar-refractivity contribution in [2.24, 2.45) is 0 Å². The maximum absolute atomic E-state index is 14.0. The number of benzene rings is 3. The van der Waals surface area contributed by atoms with E-state index in [1.54, 1.807) is 43.3 Å². The first kappa shape index (κ1) is 30.7. The third-order valence-corrected chi connectivity index (χ3v) is 8.68. The van der Waals surface area contributed by atoms with E-state index >= 15 is 0 Å². The van der Waals surface area contributed by atoms with Crippen LogP contribution in [-0.2, 0) is 26.2 Å². The van der Waals surface area contributed by atoms with E-state index in [9.17, 15) is 18.0 Å². The van der Waals surface area contributed by atoms with Crippen LogP contribution in [-0.4, -0.2) is 50.9 Å². The molecule has 2 atom stereocenters. The van der Waals surface area contributed by atoms with Crippen molar-refractivity contribution in [1.29, 1.82) is 0 Å². The number of ether oxygens (including phenoxy) is 1. The van der Waals surface area contributed by atoms with Crippen molar-refractivity contribution in [3.8, 4) is 5.75 Å². The van der Waals surface area contributed by atoms with Gasteiger partial charge in [0, 0.05) is 12.6 Å². The van der Waals surface area contributed by atoms with Crippen LogP contribution in [0.15, 0.2) is 77.7 Å². The summed E-state index contributed by atoms with van der Waals surface area (Å²) in [5, 5.41) is 2.94. The number of sulfonamides is 1. The van der Waals surface area contributed by atoms with Crippen molar-refractivity contribution < 1.29 is 22.7 Å². The van der Waals surface area contributed by atoms with Crippen LogP contribution in [0.25, 0.3) is 0 Å². The Morgan fingerprint density at radius 3 is 1.95 bits per heavy atom. The zero-order chi connectivity index (χ0) is 29.4. The number of methoxy groups -OCH3 is 1. The lowest BCUT2D eigenvalue weighted by molar-refractivity contribution is -0.139. The lowest BCUT2D eigenvalue weighted by atomic mass is 10.1. The molecular formula is C31H39N3O5S. The molecule has 9 heteroatoms. The minimum Gasteiger partial charge on any atom is -0.497 e. The Kier molecular flexibility index (Phi) is 10.3. The molecule has 0 unspecified atom stereocenters. The van der Waals surface area contributed by atoms with Gasteiger partial charge in [-0.15, -0.1) is 0 Å². The first-order valence-electron chi connectivity index (χ1n) is 13.3. The number of anilines is 1. The molecule has 0 fully saturated rings. The molecule has 0 aliphatic rings. The van der Waals surface area contributed by atoms with Crippen molar-refractivity contribution in [2.45, 2.75) is 64.6 Å². The van der Waals surface area contributed by atoms with Crippen LogP contribution in [0.1, 0.15) is 43.9 Å². The van der Waals surface area contributed by atoms with Gasteiger partial charge in [-0.2, -0.15) is 0 Å². The number of amides is 2. The second kappa shape index (κ2) is 13.5. The van der Waals surface area contributed by atoms with Gasteiger partial charge in [0.25, 0.3) is 10.0 Å². The summed E-state index contributed by atoms with van der Waals surface area (Å²) in [6.07, 6.45) is 0.740. The highest BCUT2D eigenvalue weighted by Crippen LogP contribution is 2.27. The normalized spacial score (nSPS) is 12.8. The standard InChI is InChI=1S/C31H39N3O5S/c1-7-24(4)32-31(36)25(5)33(20-26-12-8-22(2)9-13-26)30(35)21-34(27-14-16-28(39-6)17-15-27)40(37,38)29-18-10-23(3)11-19-29/h8-19,24-25H,7,20-21H2,1-6H3,(H,32,36)/t24-,25-/m0/s1. The summed E-state index contributed by atoms with van der Waals surface area (Å²) < 4.78 is 34.1. The summed E-state index contributed by atoms with van der Waals surface area (Å²) >= 11 is 0. The number of aryl methyl sites for hydroxylation is 2. The molecule has 0 heterocycles. The van der Waals surface area contributed by atoms with Gasteiger partial charge in [-0.05, 0) is 76.1 Å². The van der Waals surface area contributed by atoms with Crippen LogP contribution < -0.4 is 14.4 Å². The fourth-order valence-corrected chi connectivity index (χ4v) is 5.47. The topological polar surface area (TPSA) is 96.0 Å². The number of carbonyl (C=O) groups excluding carboxylic acids is 2. The van der Waals surface area contributed by atoms with E-state index < -0.39 is 28.5 Å². The molecular weight excluding hydrogens is 526 g/mol. The largest absolute Gasteiger partial charge is 0.497 e. The number of carbonyl (C=O) groups is 2. The van der Waals surface area contributed by atoms with Gasteiger partial charge in [-0.3, -0.25) is 13.9 Å². The van der Waals surface area contributed by atoms with Gasteiger partial charge in [0.15, 0.2) is 0 Å². The van der Waals surface area contributed by atoms with Crippen LogP contribution in [0, 0.1) is 13.8 Å². The van der Waals surface area contributed by atoms with Crippen molar-refractivity contribution in [1.82, 2.24) is 10.2 Å². The lowest BCUT2D eigenvalue weighted by Crippen LogP contribution is -2.52. The molecule has 214 valence electrons. The Bertz CT molecular complexity index is 1390. The molecule has 40 heavy (non-hydrogen) atoms. The van der Waals surface area contributed by atoms with E-state index in [0.29, 0.717) is 11.4 Å². The fraction of sp³-hybridized carbons (Fsp3) is 0.355. The summed E-state index contributed by atoms with van der Waals surface area (Å²) in [4.78, 5) is 28.6. The molecule has 0 aliphatic carbocycles. The van der Waals surface area contributed by atoms with Crippen LogP contribution in [0.5, 0.6) is 5.75 Å². The molecule has 8 nitrogen and oxygen atoms in total. The SMILES string of the molecule is CC[C@H](C)NC(=O)[C@H](C)N(Cc1ccc(C)cc1)C(=O)CN(c1ccc(OC)cc1)S(=O)(=O)c1ccc(C)cc1. The number of hydrogen-bond donors (Lipinski definition) is 1. The predicted molar refractivity (Wildman–Crippen MR) is 158 cm³/mol. The Balaban J connectivity index is 2.02. The first-order chi connectivity index (χ1) is 19.0. The molecule has 2 amide bonds.